The number of unbranched alkanes of at least 4 members (excludes halogenated alkanes) is 5. The van der Waals surface area contributed by atoms with Crippen LogP contribution in [0.2, 0.25) is 0 Å². The molecule has 0 saturated carbocycles. The van der Waals surface area contributed by atoms with Gasteiger partial charge in [-0.3, -0.25) is 4.68 Å². The van der Waals surface area contributed by atoms with Crippen molar-refractivity contribution in [3.05, 3.63) is 11.9 Å². The molecule has 164 valence electrons. The second-order valence-corrected chi connectivity index (χ2v) is 6.59. The molecule has 0 spiro atoms. The van der Waals surface area contributed by atoms with Gasteiger partial charge in [-0.05, 0) is 12.8 Å². The van der Waals surface area contributed by atoms with Crippen LogP contribution in [0.15, 0.2) is 6.20 Å². The normalized spacial score (nSPS) is 13.9. The maximum Gasteiger partial charge on any atom is 0.460 e. The van der Waals surface area contributed by atoms with Crippen molar-refractivity contribution in [3.8, 4) is 0 Å². The maximum atomic E-state index is 13.5. The highest BCUT2D eigenvalue weighted by molar-refractivity contribution is 5.00. The van der Waals surface area contributed by atoms with Gasteiger partial charge in [0.1, 0.15) is 0 Å². The molecule has 0 radical (unpaired) electrons. The molecule has 28 heavy (non-hydrogen) atoms. The predicted molar refractivity (Wildman–Crippen MR) is 82.6 cm³/mol. The van der Waals surface area contributed by atoms with Gasteiger partial charge in [-0.1, -0.05) is 44.2 Å². The summed E-state index contributed by atoms with van der Waals surface area (Å²) in [5, 5.41) is 7.07. The minimum Gasteiger partial charge on any atom is -0.252 e. The van der Waals surface area contributed by atoms with Crippen LogP contribution in [0.3, 0.4) is 0 Å². The fourth-order valence-corrected chi connectivity index (χ4v) is 2.47. The number of hydrogen-bond acceptors (Lipinski definition) is 2. The van der Waals surface area contributed by atoms with Gasteiger partial charge in [0.25, 0.3) is 0 Å². The quantitative estimate of drug-likeness (QED) is 0.301. The SMILES string of the molecule is CCCCCCCCc1cn(CCC(F)(F)C(F)(F)C(F)(F)C(F)(F)F)nn1. The molecule has 1 heterocycles. The summed E-state index contributed by atoms with van der Waals surface area (Å²) >= 11 is 0. The van der Waals surface area contributed by atoms with Crippen molar-refractivity contribution in [1.29, 1.82) is 0 Å². The number of hydrogen-bond donors (Lipinski definition) is 0. The highest BCUT2D eigenvalue weighted by Gasteiger charge is 2.81. The molecule has 0 saturated heterocycles. The van der Waals surface area contributed by atoms with Gasteiger partial charge in [0.15, 0.2) is 0 Å². The molecule has 0 atom stereocenters. The van der Waals surface area contributed by atoms with Crippen LogP contribution in [-0.4, -0.2) is 38.9 Å². The van der Waals surface area contributed by atoms with Gasteiger partial charge in [-0.25, -0.2) is 0 Å². The highest BCUT2D eigenvalue weighted by atomic mass is 19.4. The monoisotopic (exact) mass is 427 g/mol. The molecule has 12 heteroatoms. The van der Waals surface area contributed by atoms with Crippen LogP contribution >= 0.6 is 0 Å². The lowest BCUT2D eigenvalue weighted by atomic mass is 10.0. The zero-order valence-electron chi connectivity index (χ0n) is 15.2. The standard InChI is InChI=1S/C16H22F9N3/c1-2-3-4-5-6-7-8-12-11-28(27-26-12)10-9-13(17,18)14(19,20)15(21,22)16(23,24)25/h11H,2-10H2,1H3. The van der Waals surface area contributed by atoms with E-state index in [0.29, 0.717) is 12.1 Å². The molecule has 0 unspecified atom stereocenters. The Labute approximate surface area is 156 Å². The second-order valence-electron chi connectivity index (χ2n) is 6.59. The van der Waals surface area contributed by atoms with Crippen molar-refractivity contribution < 1.29 is 39.5 Å². The van der Waals surface area contributed by atoms with E-state index in [1.165, 1.54) is 6.20 Å². The summed E-state index contributed by atoms with van der Waals surface area (Å²) in [6.07, 6.45) is -1.17. The molecule has 1 rings (SSSR count). The van der Waals surface area contributed by atoms with Crippen molar-refractivity contribution >= 4 is 0 Å². The Morgan fingerprint density at radius 1 is 0.821 bits per heavy atom. The third-order valence-corrected chi connectivity index (χ3v) is 4.24. The molecule has 0 fully saturated rings. The molecular formula is C16H22F9N3. The lowest BCUT2D eigenvalue weighted by molar-refractivity contribution is -0.397. The number of alkyl halides is 9. The predicted octanol–water partition coefficient (Wildman–Crippen LogP) is 6.04. The first-order chi connectivity index (χ1) is 12.8. The molecule has 0 aromatic carbocycles. The van der Waals surface area contributed by atoms with Crippen LogP contribution in [0.25, 0.3) is 0 Å². The molecule has 0 bridgehead atoms. The molecule has 3 nitrogen and oxygen atoms in total. The van der Waals surface area contributed by atoms with Crippen molar-refractivity contribution in [1.82, 2.24) is 15.0 Å². The van der Waals surface area contributed by atoms with Gasteiger partial charge in [-0.15, -0.1) is 5.10 Å². The summed E-state index contributed by atoms with van der Waals surface area (Å²) in [6.45, 7) is 1.09. The van der Waals surface area contributed by atoms with Gasteiger partial charge in [0.05, 0.1) is 5.69 Å². The molecule has 0 aliphatic heterocycles. The first-order valence-electron chi connectivity index (χ1n) is 8.85. The van der Waals surface area contributed by atoms with Crippen molar-refractivity contribution in [2.45, 2.75) is 88.8 Å². The first kappa shape index (κ1) is 24.5. The number of aryl methyl sites for hydroxylation is 2. The number of halogens is 9. The largest absolute Gasteiger partial charge is 0.460 e. The van der Waals surface area contributed by atoms with E-state index < -0.39 is 36.9 Å². The zero-order valence-corrected chi connectivity index (χ0v) is 15.2. The van der Waals surface area contributed by atoms with Crippen LogP contribution in [-0.2, 0) is 13.0 Å². The zero-order chi connectivity index (χ0) is 21.6. The van der Waals surface area contributed by atoms with E-state index in [1.807, 2.05) is 0 Å². The van der Waals surface area contributed by atoms with Crippen molar-refractivity contribution in [2.75, 3.05) is 0 Å². The number of aromatic nitrogens is 3. The summed E-state index contributed by atoms with van der Waals surface area (Å²) in [4.78, 5) is 0. The minimum absolute atomic E-state index is 0.395. The summed E-state index contributed by atoms with van der Waals surface area (Å²) < 4.78 is 116. The summed E-state index contributed by atoms with van der Waals surface area (Å²) in [5.74, 6) is -19.1. The Hall–Kier alpha value is -1.49. The third kappa shape index (κ3) is 5.76. The highest BCUT2D eigenvalue weighted by Crippen LogP contribution is 2.54. The number of nitrogens with zero attached hydrogens (tertiary/aromatic N) is 3. The topological polar surface area (TPSA) is 30.7 Å². The molecular weight excluding hydrogens is 405 g/mol. The molecule has 0 amide bonds. The summed E-state index contributed by atoms with van der Waals surface area (Å²) in [5.41, 5.74) is 0.395. The van der Waals surface area contributed by atoms with E-state index in [9.17, 15) is 39.5 Å². The molecule has 0 aliphatic rings. The Balaban J connectivity index is 2.60. The Morgan fingerprint density at radius 2 is 1.39 bits per heavy atom. The van der Waals surface area contributed by atoms with Gasteiger partial charge >= 0.3 is 23.9 Å². The van der Waals surface area contributed by atoms with E-state index in [-0.39, 0.29) is 0 Å². The van der Waals surface area contributed by atoms with Crippen molar-refractivity contribution in [3.63, 3.8) is 0 Å². The Bertz CT molecular complexity index is 596. The third-order valence-electron chi connectivity index (χ3n) is 4.24. The molecule has 0 aliphatic carbocycles. The average Bonchev–Trinajstić information content (AvgIpc) is 3.03. The van der Waals surface area contributed by atoms with Gasteiger partial charge in [0, 0.05) is 19.2 Å². The molecule has 1 aromatic heterocycles. The fraction of sp³-hybridized carbons (Fsp3) is 0.875. The van der Waals surface area contributed by atoms with Crippen LogP contribution < -0.4 is 0 Å². The van der Waals surface area contributed by atoms with Crippen LogP contribution in [0.1, 0.15) is 57.6 Å². The van der Waals surface area contributed by atoms with Gasteiger partial charge in [-0.2, -0.15) is 39.5 Å². The second kappa shape index (κ2) is 9.34. The first-order valence-corrected chi connectivity index (χ1v) is 8.85. The molecule has 0 N–H and O–H groups in total. The van der Waals surface area contributed by atoms with E-state index in [4.69, 9.17) is 0 Å². The van der Waals surface area contributed by atoms with E-state index in [2.05, 4.69) is 17.2 Å². The molecule has 1 aromatic rings. The van der Waals surface area contributed by atoms with E-state index >= 15 is 0 Å². The van der Waals surface area contributed by atoms with E-state index in [0.717, 1.165) is 43.2 Å². The number of rotatable bonds is 12. The van der Waals surface area contributed by atoms with Crippen LogP contribution in [0.4, 0.5) is 39.5 Å². The summed E-state index contributed by atoms with van der Waals surface area (Å²) in [6, 6.07) is 0. The lowest BCUT2D eigenvalue weighted by Crippen LogP contribution is -2.61. The Kier molecular flexibility index (Phi) is 8.19. The minimum atomic E-state index is -6.87. The smallest absolute Gasteiger partial charge is 0.252 e. The Morgan fingerprint density at radius 3 is 1.96 bits per heavy atom. The van der Waals surface area contributed by atoms with Crippen LogP contribution in [0, 0.1) is 0 Å². The van der Waals surface area contributed by atoms with Gasteiger partial charge in [0.2, 0.25) is 0 Å². The lowest BCUT2D eigenvalue weighted by Gasteiger charge is -2.33. The van der Waals surface area contributed by atoms with Gasteiger partial charge < -0.3 is 0 Å². The maximum absolute atomic E-state index is 13.5. The van der Waals surface area contributed by atoms with E-state index in [1.54, 1.807) is 0 Å². The van der Waals surface area contributed by atoms with Crippen LogP contribution in [0.5, 0.6) is 0 Å². The van der Waals surface area contributed by atoms with Crippen molar-refractivity contribution in [2.24, 2.45) is 0 Å². The summed E-state index contributed by atoms with van der Waals surface area (Å²) in [7, 11) is 0. The fourth-order valence-electron chi connectivity index (χ4n) is 2.47. The average molecular weight is 427 g/mol.